The van der Waals surface area contributed by atoms with Gasteiger partial charge in [-0.2, -0.15) is 0 Å². The van der Waals surface area contributed by atoms with Crippen LogP contribution in [0.3, 0.4) is 0 Å². The maximum absolute atomic E-state index is 11.8. The molecule has 0 saturated carbocycles. The number of pyridine rings is 1. The Morgan fingerprint density at radius 3 is 2.60 bits per heavy atom. The van der Waals surface area contributed by atoms with E-state index in [9.17, 15) is 9.59 Å². The Kier molecular flexibility index (Phi) is 4.55. The molecule has 2 rings (SSSR count). The molecule has 0 atom stereocenters. The Hall–Kier alpha value is -2.56. The fraction of sp³-hybridized carbons (Fsp3) is 0.200. The number of rotatable bonds is 5. The maximum Gasteiger partial charge on any atom is 0.250 e. The van der Waals surface area contributed by atoms with Crippen LogP contribution < -0.4 is 15.6 Å². The molecular weight excluding hydrogens is 256 g/mol. The quantitative estimate of drug-likeness (QED) is 0.904. The van der Waals surface area contributed by atoms with Crippen molar-refractivity contribution in [3.05, 3.63) is 59.0 Å². The summed E-state index contributed by atoms with van der Waals surface area (Å²) in [5.41, 5.74) is 0.469. The van der Waals surface area contributed by atoms with Crippen LogP contribution in [0.1, 0.15) is 6.92 Å². The van der Waals surface area contributed by atoms with E-state index in [0.29, 0.717) is 12.3 Å². The maximum atomic E-state index is 11.8. The number of carbonyl (C=O) groups excluding carboxylic acids is 1. The topological polar surface area (TPSA) is 60.3 Å². The van der Waals surface area contributed by atoms with Crippen molar-refractivity contribution in [2.45, 2.75) is 13.5 Å². The van der Waals surface area contributed by atoms with E-state index in [2.05, 4.69) is 5.32 Å². The zero-order valence-electron chi connectivity index (χ0n) is 11.2. The highest BCUT2D eigenvalue weighted by atomic mass is 16.5. The summed E-state index contributed by atoms with van der Waals surface area (Å²) in [6.07, 6.45) is 1.58. The molecule has 1 N–H and O–H groups in total. The summed E-state index contributed by atoms with van der Waals surface area (Å²) in [5.74, 6) is 0.507. The predicted molar refractivity (Wildman–Crippen MR) is 76.9 cm³/mol. The van der Waals surface area contributed by atoms with Crippen molar-refractivity contribution in [1.29, 1.82) is 0 Å². The van der Waals surface area contributed by atoms with Crippen LogP contribution in [0.2, 0.25) is 0 Å². The molecule has 0 aliphatic rings. The molecule has 2 aromatic rings. The number of carbonyl (C=O) groups is 1. The molecular formula is C15H16N2O3. The molecule has 1 aromatic heterocycles. The van der Waals surface area contributed by atoms with Crippen LogP contribution in [0.5, 0.6) is 5.75 Å². The van der Waals surface area contributed by atoms with Crippen LogP contribution >= 0.6 is 0 Å². The van der Waals surface area contributed by atoms with Gasteiger partial charge in [-0.3, -0.25) is 9.59 Å². The first-order valence-corrected chi connectivity index (χ1v) is 6.37. The van der Waals surface area contributed by atoms with Gasteiger partial charge < -0.3 is 14.6 Å². The lowest BCUT2D eigenvalue weighted by molar-refractivity contribution is -0.116. The van der Waals surface area contributed by atoms with E-state index in [4.69, 9.17) is 4.74 Å². The summed E-state index contributed by atoms with van der Waals surface area (Å²) in [7, 11) is 0. The summed E-state index contributed by atoms with van der Waals surface area (Å²) in [6, 6.07) is 11.9. The third-order valence-corrected chi connectivity index (χ3v) is 2.66. The molecule has 0 fully saturated rings. The zero-order valence-corrected chi connectivity index (χ0v) is 11.2. The fourth-order valence-electron chi connectivity index (χ4n) is 1.75. The van der Waals surface area contributed by atoms with Crippen molar-refractivity contribution in [2.24, 2.45) is 0 Å². The first-order chi connectivity index (χ1) is 9.69. The van der Waals surface area contributed by atoms with Gasteiger partial charge in [-0.25, -0.2) is 0 Å². The van der Waals surface area contributed by atoms with E-state index >= 15 is 0 Å². The summed E-state index contributed by atoms with van der Waals surface area (Å²) in [5, 5.41) is 2.73. The number of benzene rings is 1. The summed E-state index contributed by atoms with van der Waals surface area (Å²) in [4.78, 5) is 23.3. The van der Waals surface area contributed by atoms with E-state index in [-0.39, 0.29) is 18.0 Å². The van der Waals surface area contributed by atoms with Gasteiger partial charge in [-0.15, -0.1) is 0 Å². The lowest BCUT2D eigenvalue weighted by Gasteiger charge is -2.08. The molecule has 0 aliphatic carbocycles. The molecule has 0 bridgehead atoms. The van der Waals surface area contributed by atoms with Crippen LogP contribution in [-0.4, -0.2) is 17.1 Å². The lowest BCUT2D eigenvalue weighted by Crippen LogP contribution is -2.26. The van der Waals surface area contributed by atoms with E-state index in [1.165, 1.54) is 10.6 Å². The van der Waals surface area contributed by atoms with Gasteiger partial charge >= 0.3 is 0 Å². The van der Waals surface area contributed by atoms with Gasteiger partial charge in [0.05, 0.1) is 6.61 Å². The first kappa shape index (κ1) is 13.9. The summed E-state index contributed by atoms with van der Waals surface area (Å²) < 4.78 is 6.67. The number of nitrogens with one attached hydrogen (secondary N) is 1. The van der Waals surface area contributed by atoms with Crippen LogP contribution in [0.25, 0.3) is 0 Å². The van der Waals surface area contributed by atoms with E-state index in [1.807, 2.05) is 6.92 Å². The minimum Gasteiger partial charge on any atom is -0.494 e. The standard InChI is InChI=1S/C15H16N2O3/c1-2-20-13-8-6-12(7-9-13)16-14(18)11-17-10-4-3-5-15(17)19/h3-10H,2,11H2,1H3,(H,16,18). The third kappa shape index (κ3) is 3.71. The molecule has 0 aliphatic heterocycles. The van der Waals surface area contributed by atoms with Crippen LogP contribution in [0.15, 0.2) is 53.5 Å². The normalized spacial score (nSPS) is 10.1. The van der Waals surface area contributed by atoms with E-state index in [1.54, 1.807) is 42.6 Å². The lowest BCUT2D eigenvalue weighted by atomic mass is 10.3. The highest BCUT2D eigenvalue weighted by molar-refractivity contribution is 5.90. The van der Waals surface area contributed by atoms with Crippen molar-refractivity contribution >= 4 is 11.6 Å². The average molecular weight is 272 g/mol. The number of amides is 1. The molecule has 1 heterocycles. The van der Waals surface area contributed by atoms with Gasteiger partial charge in [0, 0.05) is 18.0 Å². The van der Waals surface area contributed by atoms with Gasteiger partial charge in [0.15, 0.2) is 0 Å². The van der Waals surface area contributed by atoms with Crippen molar-refractivity contribution < 1.29 is 9.53 Å². The SMILES string of the molecule is CCOc1ccc(NC(=O)Cn2ccccc2=O)cc1. The van der Waals surface area contributed by atoms with Crippen molar-refractivity contribution in [3.63, 3.8) is 0 Å². The average Bonchev–Trinajstić information content (AvgIpc) is 2.44. The van der Waals surface area contributed by atoms with Crippen LogP contribution in [-0.2, 0) is 11.3 Å². The van der Waals surface area contributed by atoms with Crippen molar-refractivity contribution in [2.75, 3.05) is 11.9 Å². The van der Waals surface area contributed by atoms with Gasteiger partial charge in [0.2, 0.25) is 5.91 Å². The predicted octanol–water partition coefficient (Wildman–Crippen LogP) is 1.89. The smallest absolute Gasteiger partial charge is 0.250 e. The summed E-state index contributed by atoms with van der Waals surface area (Å²) >= 11 is 0. The van der Waals surface area contributed by atoms with Crippen molar-refractivity contribution in [3.8, 4) is 5.75 Å². The number of aromatic nitrogens is 1. The molecule has 0 radical (unpaired) electrons. The molecule has 20 heavy (non-hydrogen) atoms. The number of ether oxygens (including phenoxy) is 1. The molecule has 1 amide bonds. The van der Waals surface area contributed by atoms with Gasteiger partial charge in [0.1, 0.15) is 12.3 Å². The second kappa shape index (κ2) is 6.56. The molecule has 0 spiro atoms. The first-order valence-electron chi connectivity index (χ1n) is 6.37. The third-order valence-electron chi connectivity index (χ3n) is 2.66. The zero-order chi connectivity index (χ0) is 14.4. The largest absolute Gasteiger partial charge is 0.494 e. The minimum atomic E-state index is -0.248. The Bertz CT molecular complexity index is 632. The number of anilines is 1. The fourth-order valence-corrected chi connectivity index (χ4v) is 1.75. The molecule has 104 valence electrons. The van der Waals surface area contributed by atoms with Gasteiger partial charge in [0.25, 0.3) is 5.56 Å². The Morgan fingerprint density at radius 2 is 1.95 bits per heavy atom. The van der Waals surface area contributed by atoms with E-state index in [0.717, 1.165) is 5.75 Å². The second-order valence-corrected chi connectivity index (χ2v) is 4.17. The van der Waals surface area contributed by atoms with Gasteiger partial charge in [-0.1, -0.05) is 6.07 Å². The Morgan fingerprint density at radius 1 is 1.20 bits per heavy atom. The highest BCUT2D eigenvalue weighted by Crippen LogP contribution is 2.15. The molecule has 5 nitrogen and oxygen atoms in total. The molecule has 5 heteroatoms. The molecule has 0 unspecified atom stereocenters. The number of nitrogens with zero attached hydrogens (tertiary/aromatic N) is 1. The van der Waals surface area contributed by atoms with Gasteiger partial charge in [-0.05, 0) is 37.3 Å². The second-order valence-electron chi connectivity index (χ2n) is 4.17. The van der Waals surface area contributed by atoms with Crippen LogP contribution in [0, 0.1) is 0 Å². The molecule has 1 aromatic carbocycles. The number of hydrogen-bond acceptors (Lipinski definition) is 3. The minimum absolute atomic E-state index is 0.00706. The highest BCUT2D eigenvalue weighted by Gasteiger charge is 2.04. The van der Waals surface area contributed by atoms with E-state index < -0.39 is 0 Å². The monoisotopic (exact) mass is 272 g/mol. The molecule has 0 saturated heterocycles. The summed E-state index contributed by atoms with van der Waals surface area (Å²) in [6.45, 7) is 2.50. The number of hydrogen-bond donors (Lipinski definition) is 1. The van der Waals surface area contributed by atoms with Crippen molar-refractivity contribution in [1.82, 2.24) is 4.57 Å². The van der Waals surface area contributed by atoms with Crippen LogP contribution in [0.4, 0.5) is 5.69 Å². The Balaban J connectivity index is 1.98. The Labute approximate surface area is 116 Å².